The monoisotopic (exact) mass is 362 g/mol. The van der Waals surface area contributed by atoms with E-state index in [-0.39, 0.29) is 24.7 Å². The number of carbonyl (C=O) groups is 2. The molecule has 1 aromatic rings. The Morgan fingerprint density at radius 3 is 2.00 bits per heavy atom. The molecule has 0 radical (unpaired) electrons. The van der Waals surface area contributed by atoms with Crippen molar-refractivity contribution in [3.8, 4) is 5.75 Å². The number of carbonyl (C=O) groups excluding carboxylic acids is 1. The standard InChI is InChI=1S/C19H26N2O5/c22-15-6-4-14(5-7-15)16(19(26)8-2-1-3-9-19)17(23)20-10-12-21(13-11-20)18(24)25/h4-7,16,22,26H,1-3,8-13H2,(H,24,25). The molecule has 3 rings (SSSR count). The summed E-state index contributed by atoms with van der Waals surface area (Å²) in [5, 5.41) is 29.9. The third-order valence-corrected chi connectivity index (χ3v) is 5.59. The van der Waals surface area contributed by atoms with Gasteiger partial charge in [0.25, 0.3) is 0 Å². The number of rotatable bonds is 3. The van der Waals surface area contributed by atoms with E-state index >= 15 is 0 Å². The largest absolute Gasteiger partial charge is 0.508 e. The molecule has 26 heavy (non-hydrogen) atoms. The number of aromatic hydroxyl groups is 1. The zero-order chi connectivity index (χ0) is 18.7. The molecular weight excluding hydrogens is 336 g/mol. The first kappa shape index (κ1) is 18.5. The summed E-state index contributed by atoms with van der Waals surface area (Å²) < 4.78 is 0. The minimum absolute atomic E-state index is 0.116. The third kappa shape index (κ3) is 3.77. The highest BCUT2D eigenvalue weighted by Crippen LogP contribution is 2.41. The summed E-state index contributed by atoms with van der Waals surface area (Å²) in [6.45, 7) is 1.22. The Labute approximate surface area is 152 Å². The van der Waals surface area contributed by atoms with E-state index in [1.54, 1.807) is 17.0 Å². The number of amides is 2. The molecule has 0 spiro atoms. The van der Waals surface area contributed by atoms with Crippen LogP contribution in [0.5, 0.6) is 5.75 Å². The number of hydrogen-bond acceptors (Lipinski definition) is 4. The first-order chi connectivity index (χ1) is 12.4. The Hall–Kier alpha value is -2.28. The van der Waals surface area contributed by atoms with Crippen LogP contribution in [0.2, 0.25) is 0 Å². The quantitative estimate of drug-likeness (QED) is 0.763. The van der Waals surface area contributed by atoms with Gasteiger partial charge in [0.05, 0.1) is 11.5 Å². The van der Waals surface area contributed by atoms with Gasteiger partial charge in [0.2, 0.25) is 5.91 Å². The van der Waals surface area contributed by atoms with Gasteiger partial charge in [-0.15, -0.1) is 0 Å². The van der Waals surface area contributed by atoms with Gasteiger partial charge in [0, 0.05) is 26.2 Å². The summed E-state index contributed by atoms with van der Waals surface area (Å²) in [6.07, 6.45) is 2.98. The second kappa shape index (κ2) is 7.53. The van der Waals surface area contributed by atoms with Crippen molar-refractivity contribution in [3.05, 3.63) is 29.8 Å². The summed E-state index contributed by atoms with van der Waals surface area (Å²) in [7, 11) is 0. The summed E-state index contributed by atoms with van der Waals surface area (Å²) in [4.78, 5) is 27.3. The fourth-order valence-electron chi connectivity index (χ4n) is 4.10. The van der Waals surface area contributed by atoms with Crippen LogP contribution in [0, 0.1) is 0 Å². The lowest BCUT2D eigenvalue weighted by atomic mass is 9.72. The summed E-state index contributed by atoms with van der Waals surface area (Å²) in [5.74, 6) is -0.740. The Bertz CT molecular complexity index is 646. The van der Waals surface area contributed by atoms with Gasteiger partial charge >= 0.3 is 6.09 Å². The third-order valence-electron chi connectivity index (χ3n) is 5.59. The fourth-order valence-corrected chi connectivity index (χ4v) is 4.10. The van der Waals surface area contributed by atoms with Gasteiger partial charge < -0.3 is 25.1 Å². The summed E-state index contributed by atoms with van der Waals surface area (Å²) >= 11 is 0. The maximum absolute atomic E-state index is 13.3. The molecule has 2 fully saturated rings. The van der Waals surface area contributed by atoms with Gasteiger partial charge in [-0.3, -0.25) is 4.79 Å². The lowest BCUT2D eigenvalue weighted by Gasteiger charge is -2.42. The SMILES string of the molecule is O=C(O)N1CCN(C(=O)C(c2ccc(O)cc2)C2(O)CCCCC2)CC1. The van der Waals surface area contributed by atoms with Crippen LogP contribution in [0.1, 0.15) is 43.6 Å². The maximum atomic E-state index is 13.3. The van der Waals surface area contributed by atoms with Crippen LogP contribution >= 0.6 is 0 Å². The van der Waals surface area contributed by atoms with Crippen molar-refractivity contribution < 1.29 is 24.9 Å². The van der Waals surface area contributed by atoms with Crippen molar-refractivity contribution in [2.24, 2.45) is 0 Å². The van der Waals surface area contributed by atoms with Crippen LogP contribution in [0.4, 0.5) is 4.79 Å². The Morgan fingerprint density at radius 2 is 1.46 bits per heavy atom. The van der Waals surface area contributed by atoms with Gasteiger partial charge in [0.15, 0.2) is 0 Å². The van der Waals surface area contributed by atoms with E-state index < -0.39 is 17.6 Å². The molecule has 2 amide bonds. The average Bonchev–Trinajstić information content (AvgIpc) is 2.64. The molecular formula is C19H26N2O5. The molecule has 1 atom stereocenters. The number of aliphatic hydroxyl groups is 1. The molecule has 1 unspecified atom stereocenters. The van der Waals surface area contributed by atoms with Crippen LogP contribution in [0.15, 0.2) is 24.3 Å². The lowest BCUT2D eigenvalue weighted by Crippen LogP contribution is -2.54. The molecule has 7 heteroatoms. The zero-order valence-corrected chi connectivity index (χ0v) is 14.8. The van der Waals surface area contributed by atoms with Crippen molar-refractivity contribution in [3.63, 3.8) is 0 Å². The van der Waals surface area contributed by atoms with E-state index in [0.29, 0.717) is 31.5 Å². The smallest absolute Gasteiger partial charge is 0.407 e. The predicted molar refractivity (Wildman–Crippen MR) is 95.1 cm³/mol. The number of phenols is 1. The average molecular weight is 362 g/mol. The van der Waals surface area contributed by atoms with Crippen LogP contribution in [0.3, 0.4) is 0 Å². The minimum atomic E-state index is -1.10. The van der Waals surface area contributed by atoms with Gasteiger partial charge in [0.1, 0.15) is 5.75 Å². The van der Waals surface area contributed by atoms with Crippen molar-refractivity contribution in [1.82, 2.24) is 9.80 Å². The molecule has 1 heterocycles. The number of carboxylic acid groups (broad SMARTS) is 1. The first-order valence-electron chi connectivity index (χ1n) is 9.19. The number of phenolic OH excluding ortho intramolecular Hbond substituents is 1. The van der Waals surface area contributed by atoms with E-state index in [9.17, 15) is 19.8 Å². The first-order valence-corrected chi connectivity index (χ1v) is 9.19. The molecule has 0 bridgehead atoms. The predicted octanol–water partition coefficient (Wildman–Crippen LogP) is 1.99. The Morgan fingerprint density at radius 1 is 0.923 bits per heavy atom. The van der Waals surface area contributed by atoms with Gasteiger partial charge in [-0.25, -0.2) is 4.79 Å². The normalized spacial score (nSPS) is 21.3. The summed E-state index contributed by atoms with van der Waals surface area (Å²) in [6, 6.07) is 6.45. The highest BCUT2D eigenvalue weighted by molar-refractivity contribution is 5.85. The van der Waals surface area contributed by atoms with Crippen molar-refractivity contribution in [2.75, 3.05) is 26.2 Å². The van der Waals surface area contributed by atoms with Crippen LogP contribution < -0.4 is 0 Å². The molecule has 1 aliphatic heterocycles. The van der Waals surface area contributed by atoms with Crippen molar-refractivity contribution >= 4 is 12.0 Å². The van der Waals surface area contributed by atoms with E-state index in [1.807, 2.05) is 0 Å². The van der Waals surface area contributed by atoms with Gasteiger partial charge in [-0.1, -0.05) is 31.4 Å². The molecule has 3 N–H and O–H groups in total. The van der Waals surface area contributed by atoms with Crippen molar-refractivity contribution in [1.29, 1.82) is 0 Å². The molecule has 142 valence electrons. The van der Waals surface area contributed by atoms with Crippen LogP contribution in [-0.4, -0.2) is 68.9 Å². The molecule has 1 aliphatic carbocycles. The molecule has 1 saturated heterocycles. The topological polar surface area (TPSA) is 101 Å². The molecule has 1 saturated carbocycles. The van der Waals surface area contributed by atoms with E-state index in [0.717, 1.165) is 19.3 Å². The van der Waals surface area contributed by atoms with Crippen LogP contribution in [0.25, 0.3) is 0 Å². The Balaban J connectivity index is 1.84. The fraction of sp³-hybridized carbons (Fsp3) is 0.579. The maximum Gasteiger partial charge on any atom is 0.407 e. The second-order valence-electron chi connectivity index (χ2n) is 7.28. The number of hydrogen-bond donors (Lipinski definition) is 3. The highest BCUT2D eigenvalue weighted by atomic mass is 16.4. The van der Waals surface area contributed by atoms with Crippen molar-refractivity contribution in [2.45, 2.75) is 43.6 Å². The Kier molecular flexibility index (Phi) is 5.36. The lowest BCUT2D eigenvalue weighted by molar-refractivity contribution is -0.143. The minimum Gasteiger partial charge on any atom is -0.508 e. The highest BCUT2D eigenvalue weighted by Gasteiger charge is 2.45. The molecule has 0 aromatic heterocycles. The van der Waals surface area contributed by atoms with E-state index in [1.165, 1.54) is 17.0 Å². The second-order valence-corrected chi connectivity index (χ2v) is 7.28. The van der Waals surface area contributed by atoms with Gasteiger partial charge in [-0.2, -0.15) is 0 Å². The molecule has 7 nitrogen and oxygen atoms in total. The molecule has 1 aromatic carbocycles. The summed E-state index contributed by atoms with van der Waals surface area (Å²) in [5.41, 5.74) is -0.408. The molecule has 2 aliphatic rings. The van der Waals surface area contributed by atoms with E-state index in [2.05, 4.69) is 0 Å². The number of nitrogens with zero attached hydrogens (tertiary/aromatic N) is 2. The van der Waals surface area contributed by atoms with Crippen LogP contribution in [-0.2, 0) is 4.79 Å². The van der Waals surface area contributed by atoms with Gasteiger partial charge in [-0.05, 0) is 30.5 Å². The van der Waals surface area contributed by atoms with E-state index in [4.69, 9.17) is 5.11 Å². The number of benzene rings is 1. The number of piperazine rings is 1. The zero-order valence-electron chi connectivity index (χ0n) is 14.8.